The van der Waals surface area contributed by atoms with Gasteiger partial charge in [-0.3, -0.25) is 4.79 Å². The highest BCUT2D eigenvalue weighted by Gasteiger charge is 2.13. The van der Waals surface area contributed by atoms with Crippen molar-refractivity contribution < 1.29 is 9.21 Å². The van der Waals surface area contributed by atoms with E-state index in [1.54, 1.807) is 17.4 Å². The van der Waals surface area contributed by atoms with Gasteiger partial charge >= 0.3 is 0 Å². The van der Waals surface area contributed by atoms with Crippen molar-refractivity contribution in [3.05, 3.63) is 46.0 Å². The van der Waals surface area contributed by atoms with Crippen molar-refractivity contribution in [1.29, 1.82) is 0 Å². The third-order valence-electron chi connectivity index (χ3n) is 2.58. The molecule has 0 aliphatic heterocycles. The number of thiophene rings is 1. The van der Waals surface area contributed by atoms with Gasteiger partial charge in [0.05, 0.1) is 12.1 Å². The van der Waals surface area contributed by atoms with Crippen molar-refractivity contribution in [1.82, 2.24) is 5.32 Å². The number of carbonyl (C=O) groups is 1. The first-order chi connectivity index (χ1) is 8.69. The summed E-state index contributed by atoms with van der Waals surface area (Å²) in [5.74, 6) is 0.494. The number of carbonyl (C=O) groups excluding carboxylic acids is 1. The zero-order valence-electron chi connectivity index (χ0n) is 10.6. The molecule has 3 N–H and O–H groups in total. The molecule has 0 bridgehead atoms. The van der Waals surface area contributed by atoms with Crippen LogP contribution >= 0.6 is 23.7 Å². The summed E-state index contributed by atoms with van der Waals surface area (Å²) in [5, 5.41) is 4.97. The van der Waals surface area contributed by atoms with Gasteiger partial charge in [0.15, 0.2) is 0 Å². The van der Waals surface area contributed by atoms with E-state index in [1.165, 1.54) is 11.1 Å². The van der Waals surface area contributed by atoms with Crippen LogP contribution in [0.3, 0.4) is 0 Å². The molecule has 19 heavy (non-hydrogen) atoms. The summed E-state index contributed by atoms with van der Waals surface area (Å²) in [5.41, 5.74) is 5.95. The molecule has 0 spiro atoms. The van der Waals surface area contributed by atoms with E-state index in [4.69, 9.17) is 10.2 Å². The monoisotopic (exact) mass is 300 g/mol. The lowest BCUT2D eigenvalue weighted by atomic mass is 10.2. The summed E-state index contributed by atoms with van der Waals surface area (Å²) in [4.78, 5) is 13.2. The van der Waals surface area contributed by atoms with Gasteiger partial charge in [-0.25, -0.2) is 0 Å². The molecule has 0 saturated carbocycles. The molecule has 4 nitrogen and oxygen atoms in total. The molecule has 2 rings (SSSR count). The minimum Gasteiger partial charge on any atom is -0.467 e. The number of nitrogens with two attached hydrogens (primary N) is 1. The van der Waals surface area contributed by atoms with Crippen LogP contribution in [0.2, 0.25) is 0 Å². The van der Waals surface area contributed by atoms with Crippen molar-refractivity contribution in [3.63, 3.8) is 0 Å². The van der Waals surface area contributed by atoms with Gasteiger partial charge in [0.25, 0.3) is 5.91 Å². The first-order valence-electron chi connectivity index (χ1n) is 5.79. The molecule has 1 atom stereocenters. The topological polar surface area (TPSA) is 68.3 Å². The molecule has 1 amide bonds. The Hall–Kier alpha value is -1.30. The first-order valence-corrected chi connectivity index (χ1v) is 6.67. The highest BCUT2D eigenvalue weighted by molar-refractivity contribution is 7.09. The van der Waals surface area contributed by atoms with E-state index in [2.05, 4.69) is 11.4 Å². The molecular formula is C13H17ClN2O2S. The predicted octanol–water partition coefficient (Wildman–Crippen LogP) is 2.58. The molecular weight excluding hydrogens is 284 g/mol. The predicted molar refractivity (Wildman–Crippen MR) is 78.8 cm³/mol. The molecule has 2 aromatic heterocycles. The van der Waals surface area contributed by atoms with Crippen molar-refractivity contribution in [2.45, 2.75) is 25.9 Å². The third kappa shape index (κ3) is 4.38. The number of hydrogen-bond acceptors (Lipinski definition) is 4. The Labute approximate surface area is 122 Å². The summed E-state index contributed by atoms with van der Waals surface area (Å²) < 4.78 is 5.14. The molecule has 0 aliphatic carbocycles. The van der Waals surface area contributed by atoms with E-state index in [1.807, 2.05) is 18.4 Å². The molecule has 0 saturated heterocycles. The maximum absolute atomic E-state index is 11.9. The number of hydrogen-bond donors (Lipinski definition) is 2. The lowest BCUT2D eigenvalue weighted by Crippen LogP contribution is -2.33. The minimum atomic E-state index is -0.123. The molecule has 0 aromatic carbocycles. The van der Waals surface area contributed by atoms with Gasteiger partial charge in [-0.2, -0.15) is 0 Å². The summed E-state index contributed by atoms with van der Waals surface area (Å²) in [6.07, 6.45) is 2.28. The van der Waals surface area contributed by atoms with Gasteiger partial charge in [0, 0.05) is 17.3 Å². The summed E-state index contributed by atoms with van der Waals surface area (Å²) >= 11 is 1.70. The lowest BCUT2D eigenvalue weighted by molar-refractivity contribution is 0.0939. The zero-order chi connectivity index (χ0) is 13.0. The van der Waals surface area contributed by atoms with Gasteiger partial charge in [-0.15, -0.1) is 23.7 Å². The minimum absolute atomic E-state index is 0. The van der Waals surface area contributed by atoms with Crippen LogP contribution in [-0.2, 0) is 13.0 Å². The van der Waals surface area contributed by atoms with Crippen LogP contribution in [0.25, 0.3) is 0 Å². The van der Waals surface area contributed by atoms with Crippen LogP contribution in [-0.4, -0.2) is 11.9 Å². The van der Waals surface area contributed by atoms with Gasteiger partial charge in [0.1, 0.15) is 12.0 Å². The number of amides is 1. The van der Waals surface area contributed by atoms with Gasteiger partial charge in [-0.05, 0) is 24.4 Å². The Balaban J connectivity index is 0.00000180. The average Bonchev–Trinajstić information content (AvgIpc) is 2.98. The van der Waals surface area contributed by atoms with Gasteiger partial charge < -0.3 is 15.5 Å². The van der Waals surface area contributed by atoms with E-state index >= 15 is 0 Å². The first kappa shape index (κ1) is 15.8. The molecule has 0 fully saturated rings. The highest BCUT2D eigenvalue weighted by Crippen LogP contribution is 2.12. The van der Waals surface area contributed by atoms with E-state index in [-0.39, 0.29) is 24.4 Å². The Morgan fingerprint density at radius 2 is 2.37 bits per heavy atom. The molecule has 2 heterocycles. The molecule has 1 unspecified atom stereocenters. The lowest BCUT2D eigenvalue weighted by Gasteiger charge is -2.11. The number of rotatable bonds is 5. The zero-order valence-corrected chi connectivity index (χ0v) is 12.2. The SMILES string of the molecule is CC(Cc1cccs1)NC(=O)c1coc(CN)c1.Cl. The fourth-order valence-corrected chi connectivity index (χ4v) is 2.53. The second kappa shape index (κ2) is 7.33. The second-order valence-electron chi connectivity index (χ2n) is 4.16. The van der Waals surface area contributed by atoms with Gasteiger partial charge in [0.2, 0.25) is 0 Å². The molecule has 2 aromatic rings. The maximum atomic E-state index is 11.9. The second-order valence-corrected chi connectivity index (χ2v) is 5.20. The summed E-state index contributed by atoms with van der Waals surface area (Å²) in [6.45, 7) is 2.29. The van der Waals surface area contributed by atoms with E-state index in [0.29, 0.717) is 17.9 Å². The van der Waals surface area contributed by atoms with Crippen LogP contribution in [0, 0.1) is 0 Å². The molecule has 6 heteroatoms. The molecule has 0 radical (unpaired) electrons. The van der Waals surface area contributed by atoms with Gasteiger partial charge in [-0.1, -0.05) is 6.07 Å². The fourth-order valence-electron chi connectivity index (χ4n) is 1.70. The molecule has 0 aliphatic rings. The van der Waals surface area contributed by atoms with Crippen LogP contribution in [0.5, 0.6) is 0 Å². The number of furan rings is 1. The fraction of sp³-hybridized carbons (Fsp3) is 0.308. The number of halogens is 1. The molecule has 104 valence electrons. The van der Waals surface area contributed by atoms with E-state index < -0.39 is 0 Å². The third-order valence-corrected chi connectivity index (χ3v) is 3.48. The normalized spacial score (nSPS) is 11.7. The quantitative estimate of drug-likeness (QED) is 0.892. The van der Waals surface area contributed by atoms with Crippen molar-refractivity contribution in [2.24, 2.45) is 5.73 Å². The summed E-state index contributed by atoms with van der Waals surface area (Å²) in [6, 6.07) is 5.84. The van der Waals surface area contributed by atoms with Crippen LogP contribution in [0.1, 0.15) is 27.9 Å². The maximum Gasteiger partial charge on any atom is 0.254 e. The van der Waals surface area contributed by atoms with Crippen molar-refractivity contribution in [2.75, 3.05) is 0 Å². The Kier molecular flexibility index (Phi) is 6.08. The summed E-state index contributed by atoms with van der Waals surface area (Å²) in [7, 11) is 0. The highest BCUT2D eigenvalue weighted by atomic mass is 35.5. The Bertz CT molecular complexity index is 510. The number of nitrogens with one attached hydrogen (secondary N) is 1. The standard InChI is InChI=1S/C13H16N2O2S.ClH/c1-9(5-12-3-2-4-18-12)15-13(16)10-6-11(7-14)17-8-10;/h2-4,6,8-9H,5,7,14H2,1H3,(H,15,16);1H. The average molecular weight is 301 g/mol. The van der Waals surface area contributed by atoms with Crippen molar-refractivity contribution in [3.8, 4) is 0 Å². The van der Waals surface area contributed by atoms with E-state index in [9.17, 15) is 4.79 Å². The Morgan fingerprint density at radius 3 is 2.95 bits per heavy atom. The Morgan fingerprint density at radius 1 is 1.58 bits per heavy atom. The smallest absolute Gasteiger partial charge is 0.254 e. The van der Waals surface area contributed by atoms with Crippen molar-refractivity contribution >= 4 is 29.7 Å². The largest absolute Gasteiger partial charge is 0.467 e. The van der Waals surface area contributed by atoms with Crippen LogP contribution in [0.15, 0.2) is 34.3 Å². The van der Waals surface area contributed by atoms with Crippen LogP contribution in [0.4, 0.5) is 0 Å². The van der Waals surface area contributed by atoms with Crippen LogP contribution < -0.4 is 11.1 Å². The van der Waals surface area contributed by atoms with E-state index in [0.717, 1.165) is 6.42 Å².